The van der Waals surface area contributed by atoms with Crippen molar-refractivity contribution in [2.75, 3.05) is 4.72 Å². The zero-order valence-electron chi connectivity index (χ0n) is 10.4. The van der Waals surface area contributed by atoms with Crippen molar-refractivity contribution in [3.63, 3.8) is 0 Å². The molecule has 8 heteroatoms. The summed E-state index contributed by atoms with van der Waals surface area (Å²) in [5.41, 5.74) is -0.0798. The third-order valence-electron chi connectivity index (χ3n) is 2.56. The van der Waals surface area contributed by atoms with E-state index in [1.807, 2.05) is 4.72 Å². The Hall–Kier alpha value is -1.37. The van der Waals surface area contributed by atoms with Gasteiger partial charge in [-0.15, -0.1) is 0 Å². The number of benzene rings is 2. The normalized spacial score (nSPS) is 11.4. The zero-order chi connectivity index (χ0) is 15.6. The Labute approximate surface area is 130 Å². The fourth-order valence-electron chi connectivity index (χ4n) is 1.64. The minimum atomic E-state index is -3.91. The third kappa shape index (κ3) is 4.06. The van der Waals surface area contributed by atoms with E-state index in [0.717, 1.165) is 12.1 Å². The van der Waals surface area contributed by atoms with E-state index in [9.17, 15) is 17.2 Å². The molecule has 0 aromatic heterocycles. The Balaban J connectivity index is 2.22. The van der Waals surface area contributed by atoms with E-state index in [-0.39, 0.29) is 5.02 Å². The quantitative estimate of drug-likeness (QED) is 0.896. The second-order valence-electron chi connectivity index (χ2n) is 4.21. The second-order valence-corrected chi connectivity index (χ2v) is 6.75. The van der Waals surface area contributed by atoms with Crippen molar-refractivity contribution in [1.29, 1.82) is 0 Å². The highest BCUT2D eigenvalue weighted by Crippen LogP contribution is 2.24. The van der Waals surface area contributed by atoms with Gasteiger partial charge in [-0.05, 0) is 29.8 Å². The molecule has 3 nitrogen and oxygen atoms in total. The van der Waals surface area contributed by atoms with Crippen LogP contribution >= 0.6 is 23.2 Å². The molecule has 0 bridgehead atoms. The topological polar surface area (TPSA) is 46.2 Å². The van der Waals surface area contributed by atoms with Gasteiger partial charge in [0.05, 0.1) is 21.5 Å². The first-order valence-electron chi connectivity index (χ1n) is 5.67. The lowest BCUT2D eigenvalue weighted by atomic mass is 10.2. The summed E-state index contributed by atoms with van der Waals surface area (Å²) in [6, 6.07) is 7.56. The lowest BCUT2D eigenvalue weighted by molar-refractivity contribution is 0.511. The third-order valence-corrected chi connectivity index (χ3v) is 4.54. The maximum absolute atomic E-state index is 13.4. The summed E-state index contributed by atoms with van der Waals surface area (Å²) >= 11 is 11.5. The van der Waals surface area contributed by atoms with Crippen molar-refractivity contribution in [3.8, 4) is 0 Å². The van der Waals surface area contributed by atoms with E-state index in [1.165, 1.54) is 24.3 Å². The second kappa shape index (κ2) is 6.17. The van der Waals surface area contributed by atoms with E-state index in [0.29, 0.717) is 10.6 Å². The lowest BCUT2D eigenvalue weighted by Gasteiger charge is -2.09. The van der Waals surface area contributed by atoms with Crippen LogP contribution in [-0.4, -0.2) is 8.42 Å². The number of sulfonamides is 1. The van der Waals surface area contributed by atoms with Crippen molar-refractivity contribution in [3.05, 3.63) is 63.6 Å². The average molecular weight is 352 g/mol. The van der Waals surface area contributed by atoms with E-state index in [1.54, 1.807) is 0 Å². The highest BCUT2D eigenvalue weighted by atomic mass is 35.5. The molecule has 2 aromatic rings. The Kier molecular flexibility index (Phi) is 4.70. The molecule has 1 N–H and O–H groups in total. The standard InChI is InChI=1S/C13H9Cl2F2NO2S/c14-9-5-4-8(6-10(9)15)7-21(19,20)18-12-3-1-2-11(16)13(12)17/h1-6,18H,7H2. The number of rotatable bonds is 4. The number of anilines is 1. The number of hydrogen-bond donors (Lipinski definition) is 1. The highest BCUT2D eigenvalue weighted by molar-refractivity contribution is 7.91. The molecule has 0 unspecified atom stereocenters. The SMILES string of the molecule is O=S(=O)(Cc1ccc(Cl)c(Cl)c1)Nc1cccc(F)c1F. The molecule has 0 spiro atoms. The maximum atomic E-state index is 13.4. The fraction of sp³-hybridized carbons (Fsp3) is 0.0769. The van der Waals surface area contributed by atoms with Crippen LogP contribution in [-0.2, 0) is 15.8 Å². The van der Waals surface area contributed by atoms with Crippen LogP contribution in [0.5, 0.6) is 0 Å². The molecule has 0 aliphatic rings. The van der Waals surface area contributed by atoms with E-state index >= 15 is 0 Å². The monoisotopic (exact) mass is 351 g/mol. The minimum Gasteiger partial charge on any atom is -0.280 e. The number of nitrogens with one attached hydrogen (secondary N) is 1. The predicted octanol–water partition coefficient (Wildman–Crippen LogP) is 4.21. The van der Waals surface area contributed by atoms with E-state index < -0.39 is 33.1 Å². The fourth-order valence-corrected chi connectivity index (χ4v) is 3.14. The average Bonchev–Trinajstić information content (AvgIpc) is 2.39. The molecule has 0 radical (unpaired) electrons. The molecular formula is C13H9Cl2F2NO2S. The first-order valence-corrected chi connectivity index (χ1v) is 8.08. The Morgan fingerprint density at radius 2 is 1.76 bits per heavy atom. The molecule has 0 saturated heterocycles. The van der Waals surface area contributed by atoms with Crippen molar-refractivity contribution < 1.29 is 17.2 Å². The smallest absolute Gasteiger partial charge is 0.237 e. The summed E-state index contributed by atoms with van der Waals surface area (Å²) in [7, 11) is -3.91. The van der Waals surface area contributed by atoms with Crippen LogP contribution in [0, 0.1) is 11.6 Å². The molecule has 0 amide bonds. The Bertz CT molecular complexity index is 782. The van der Waals surface area contributed by atoms with Gasteiger partial charge in [0.1, 0.15) is 0 Å². The van der Waals surface area contributed by atoms with Gasteiger partial charge < -0.3 is 0 Å². The summed E-state index contributed by atoms with van der Waals surface area (Å²) in [5.74, 6) is -2.83. The van der Waals surface area contributed by atoms with Gasteiger partial charge in [0.25, 0.3) is 0 Å². The molecular weight excluding hydrogens is 343 g/mol. The molecule has 21 heavy (non-hydrogen) atoms. The van der Waals surface area contributed by atoms with Gasteiger partial charge in [-0.25, -0.2) is 17.2 Å². The summed E-state index contributed by atoms with van der Waals surface area (Å²) in [6.45, 7) is 0. The van der Waals surface area contributed by atoms with Gasteiger partial charge in [-0.2, -0.15) is 0 Å². The van der Waals surface area contributed by atoms with Gasteiger partial charge in [-0.1, -0.05) is 35.3 Å². The number of halogens is 4. The minimum absolute atomic E-state index is 0.210. The van der Waals surface area contributed by atoms with Crippen LogP contribution < -0.4 is 4.72 Å². The van der Waals surface area contributed by atoms with Gasteiger partial charge in [0.2, 0.25) is 10.0 Å². The van der Waals surface area contributed by atoms with Crippen molar-refractivity contribution in [1.82, 2.24) is 0 Å². The summed E-state index contributed by atoms with van der Waals surface area (Å²) < 4.78 is 52.4. The van der Waals surface area contributed by atoms with Crippen molar-refractivity contribution >= 4 is 38.9 Å². The molecule has 0 heterocycles. The molecule has 2 aromatic carbocycles. The molecule has 2 rings (SSSR count). The van der Waals surface area contributed by atoms with Crippen LogP contribution in [0.4, 0.5) is 14.5 Å². The van der Waals surface area contributed by atoms with Gasteiger partial charge in [-0.3, -0.25) is 4.72 Å². The highest BCUT2D eigenvalue weighted by Gasteiger charge is 2.16. The predicted molar refractivity (Wildman–Crippen MR) is 79.1 cm³/mol. The van der Waals surface area contributed by atoms with Crippen molar-refractivity contribution in [2.45, 2.75) is 5.75 Å². The lowest BCUT2D eigenvalue weighted by Crippen LogP contribution is -2.16. The number of hydrogen-bond acceptors (Lipinski definition) is 2. The van der Waals surface area contributed by atoms with Crippen LogP contribution in [0.3, 0.4) is 0 Å². The summed E-state index contributed by atoms with van der Waals surface area (Å²) in [5, 5.41) is 0.503. The summed E-state index contributed by atoms with van der Waals surface area (Å²) in [4.78, 5) is 0. The Morgan fingerprint density at radius 3 is 2.43 bits per heavy atom. The zero-order valence-corrected chi connectivity index (χ0v) is 12.7. The molecule has 0 fully saturated rings. The Morgan fingerprint density at radius 1 is 1.05 bits per heavy atom. The first-order chi connectivity index (χ1) is 9.78. The van der Waals surface area contributed by atoms with Crippen molar-refractivity contribution in [2.24, 2.45) is 0 Å². The van der Waals surface area contributed by atoms with E-state index in [2.05, 4.69) is 0 Å². The maximum Gasteiger partial charge on any atom is 0.237 e. The first kappa shape index (κ1) is 16.0. The van der Waals surface area contributed by atoms with Gasteiger partial charge >= 0.3 is 0 Å². The molecule has 112 valence electrons. The molecule has 0 aliphatic carbocycles. The van der Waals surface area contributed by atoms with Gasteiger partial charge in [0, 0.05) is 0 Å². The summed E-state index contributed by atoms with van der Waals surface area (Å²) in [6.07, 6.45) is 0. The molecule has 0 aliphatic heterocycles. The molecule has 0 atom stereocenters. The van der Waals surface area contributed by atoms with Gasteiger partial charge in [0.15, 0.2) is 11.6 Å². The van der Waals surface area contributed by atoms with Crippen LogP contribution in [0.25, 0.3) is 0 Å². The van der Waals surface area contributed by atoms with Crippen LogP contribution in [0.2, 0.25) is 10.0 Å². The molecule has 0 saturated carbocycles. The van der Waals surface area contributed by atoms with E-state index in [4.69, 9.17) is 23.2 Å². The largest absolute Gasteiger partial charge is 0.280 e. The van der Waals surface area contributed by atoms with Crippen LogP contribution in [0.1, 0.15) is 5.56 Å². The van der Waals surface area contributed by atoms with Crippen LogP contribution in [0.15, 0.2) is 36.4 Å².